The van der Waals surface area contributed by atoms with Gasteiger partial charge in [-0.25, -0.2) is 4.79 Å². The maximum atomic E-state index is 12.9. The Labute approximate surface area is 187 Å². The van der Waals surface area contributed by atoms with Crippen LogP contribution in [0, 0.1) is 13.8 Å². The summed E-state index contributed by atoms with van der Waals surface area (Å²) >= 11 is 1.46. The zero-order chi connectivity index (χ0) is 22.4. The van der Waals surface area contributed by atoms with E-state index in [1.54, 1.807) is 16.7 Å². The molecule has 0 N–H and O–H groups in total. The van der Waals surface area contributed by atoms with E-state index in [2.05, 4.69) is 16.8 Å². The molecule has 5 rings (SSSR count). The van der Waals surface area contributed by atoms with E-state index in [0.29, 0.717) is 34.2 Å². The van der Waals surface area contributed by atoms with E-state index in [-0.39, 0.29) is 11.2 Å². The van der Waals surface area contributed by atoms with Crippen molar-refractivity contribution in [2.75, 3.05) is 0 Å². The van der Waals surface area contributed by atoms with Gasteiger partial charge in [-0.3, -0.25) is 13.8 Å². The quantitative estimate of drug-likeness (QED) is 0.229. The fourth-order valence-corrected chi connectivity index (χ4v) is 4.84. The van der Waals surface area contributed by atoms with Crippen LogP contribution in [0.3, 0.4) is 0 Å². The first-order valence-corrected chi connectivity index (χ1v) is 11.1. The van der Waals surface area contributed by atoms with Crippen molar-refractivity contribution >= 4 is 39.4 Å². The van der Waals surface area contributed by atoms with Gasteiger partial charge in [0.1, 0.15) is 5.58 Å². The van der Waals surface area contributed by atoms with Gasteiger partial charge in [0, 0.05) is 23.8 Å². The molecule has 0 fully saturated rings. The van der Waals surface area contributed by atoms with Crippen molar-refractivity contribution in [1.82, 2.24) is 19.2 Å². The summed E-state index contributed by atoms with van der Waals surface area (Å²) in [5.41, 5.74) is 3.74. The third-order valence-corrected chi connectivity index (χ3v) is 6.64. The normalized spacial score (nSPS) is 11.6. The summed E-state index contributed by atoms with van der Waals surface area (Å²) in [6.45, 7) is 8.03. The Bertz CT molecular complexity index is 1650. The number of aromatic nitrogens is 4. The van der Waals surface area contributed by atoms with Crippen LogP contribution in [-0.4, -0.2) is 19.2 Å². The number of hydrogen-bond acceptors (Lipinski definition) is 6. The smallest absolute Gasteiger partial charge is 0.336 e. The Morgan fingerprint density at radius 1 is 1.09 bits per heavy atom. The number of aryl methyl sites for hydroxylation is 2. The number of fused-ring (bicyclic) bond motifs is 4. The molecule has 0 amide bonds. The molecule has 0 bridgehead atoms. The van der Waals surface area contributed by atoms with Crippen LogP contribution in [0.5, 0.6) is 0 Å². The summed E-state index contributed by atoms with van der Waals surface area (Å²) in [5, 5.41) is 10.8. The van der Waals surface area contributed by atoms with E-state index in [1.165, 1.54) is 17.8 Å². The van der Waals surface area contributed by atoms with E-state index in [0.717, 1.165) is 27.6 Å². The zero-order valence-electron chi connectivity index (χ0n) is 17.7. The van der Waals surface area contributed by atoms with Crippen molar-refractivity contribution in [3.05, 3.63) is 92.6 Å². The highest BCUT2D eigenvalue weighted by Crippen LogP contribution is 2.29. The minimum atomic E-state index is -0.377. The molecule has 0 spiro atoms. The Kier molecular flexibility index (Phi) is 4.94. The number of nitrogens with zero attached hydrogens (tertiary/aromatic N) is 4. The summed E-state index contributed by atoms with van der Waals surface area (Å²) in [6.07, 6.45) is 1.66. The molecular weight excluding hydrogens is 424 g/mol. The van der Waals surface area contributed by atoms with E-state index >= 15 is 0 Å². The molecule has 7 nitrogen and oxygen atoms in total. The van der Waals surface area contributed by atoms with E-state index in [4.69, 9.17) is 4.42 Å². The molecule has 8 heteroatoms. The second-order valence-corrected chi connectivity index (χ2v) is 8.55. The van der Waals surface area contributed by atoms with Crippen LogP contribution >= 0.6 is 11.8 Å². The van der Waals surface area contributed by atoms with Gasteiger partial charge in [0.25, 0.3) is 5.56 Å². The van der Waals surface area contributed by atoms with Gasteiger partial charge in [-0.1, -0.05) is 42.1 Å². The van der Waals surface area contributed by atoms with Gasteiger partial charge >= 0.3 is 5.63 Å². The summed E-state index contributed by atoms with van der Waals surface area (Å²) in [4.78, 5) is 25.2. The maximum absolute atomic E-state index is 12.9. The summed E-state index contributed by atoms with van der Waals surface area (Å²) in [6, 6.07) is 12.9. The summed E-state index contributed by atoms with van der Waals surface area (Å²) < 4.78 is 8.93. The van der Waals surface area contributed by atoms with Crippen LogP contribution < -0.4 is 11.2 Å². The average molecular weight is 445 g/mol. The first-order chi connectivity index (χ1) is 15.5. The third-order valence-electron chi connectivity index (χ3n) is 5.66. The number of allylic oxidation sites excluding steroid dienone is 1. The minimum Gasteiger partial charge on any atom is -0.422 e. The van der Waals surface area contributed by atoms with Crippen molar-refractivity contribution in [1.29, 1.82) is 0 Å². The molecule has 2 aromatic carbocycles. The Hall–Kier alpha value is -3.65. The van der Waals surface area contributed by atoms with Crippen molar-refractivity contribution in [3.63, 3.8) is 0 Å². The van der Waals surface area contributed by atoms with Crippen LogP contribution in [0.4, 0.5) is 0 Å². The lowest BCUT2D eigenvalue weighted by atomic mass is 10.0. The molecule has 5 aromatic rings. The van der Waals surface area contributed by atoms with Gasteiger partial charge < -0.3 is 4.42 Å². The van der Waals surface area contributed by atoms with Gasteiger partial charge in [0.2, 0.25) is 5.78 Å². The van der Waals surface area contributed by atoms with Crippen molar-refractivity contribution < 1.29 is 4.42 Å². The highest BCUT2D eigenvalue weighted by molar-refractivity contribution is 7.98. The molecule has 0 aliphatic carbocycles. The van der Waals surface area contributed by atoms with Crippen LogP contribution in [-0.2, 0) is 12.3 Å². The molecule has 0 saturated carbocycles. The molecule has 3 heterocycles. The monoisotopic (exact) mass is 444 g/mol. The van der Waals surface area contributed by atoms with Gasteiger partial charge in [0.05, 0.1) is 10.9 Å². The van der Waals surface area contributed by atoms with Crippen LogP contribution in [0.2, 0.25) is 0 Å². The predicted molar refractivity (Wildman–Crippen MR) is 126 cm³/mol. The lowest BCUT2D eigenvalue weighted by Crippen LogP contribution is -2.22. The number of thioether (sulfide) groups is 1. The van der Waals surface area contributed by atoms with Crippen LogP contribution in [0.15, 0.2) is 74.3 Å². The minimum absolute atomic E-state index is 0.130. The Balaban J connectivity index is 1.65. The molecular formula is C24H20N4O3S. The highest BCUT2D eigenvalue weighted by Gasteiger charge is 2.17. The lowest BCUT2D eigenvalue weighted by Gasteiger charge is -2.10. The van der Waals surface area contributed by atoms with E-state index in [9.17, 15) is 9.59 Å². The average Bonchev–Trinajstić information content (AvgIpc) is 3.22. The molecule has 0 saturated heterocycles. The zero-order valence-corrected chi connectivity index (χ0v) is 18.5. The Morgan fingerprint density at radius 2 is 1.91 bits per heavy atom. The highest BCUT2D eigenvalue weighted by atomic mass is 32.2. The van der Waals surface area contributed by atoms with Gasteiger partial charge in [-0.15, -0.1) is 16.8 Å². The second-order valence-electron chi connectivity index (χ2n) is 7.60. The number of para-hydroxylation sites is 1. The lowest BCUT2D eigenvalue weighted by molar-refractivity contribution is 0.557. The first kappa shape index (κ1) is 20.3. The van der Waals surface area contributed by atoms with Gasteiger partial charge in [-0.05, 0) is 42.7 Å². The largest absolute Gasteiger partial charge is 0.422 e. The fourth-order valence-electron chi connectivity index (χ4n) is 3.91. The van der Waals surface area contributed by atoms with Crippen LogP contribution in [0.25, 0.3) is 27.6 Å². The molecule has 0 radical (unpaired) electrons. The van der Waals surface area contributed by atoms with Crippen molar-refractivity contribution in [2.45, 2.75) is 31.3 Å². The molecule has 0 unspecified atom stereocenters. The summed E-state index contributed by atoms with van der Waals surface area (Å²) in [5.74, 6) is 0.959. The molecule has 0 aliphatic heterocycles. The number of hydrogen-bond donors (Lipinski definition) is 0. The second kappa shape index (κ2) is 7.80. The standard InChI is InChI=1S/C24H20N4O3S/c1-4-11-27-22(30)18-7-5-6-8-19(18)28-23(27)25-26-24(28)32-13-16-12-20(29)31-21-15(3)14(2)9-10-17(16)21/h4-10,12H,1,11,13H2,2-3H3. The molecule has 0 aliphatic rings. The SMILES string of the molecule is C=CCn1c(=O)c2ccccc2n2c(SCc3cc(=O)oc4c(C)c(C)ccc34)nnc12. The fraction of sp³-hybridized carbons (Fsp3) is 0.167. The van der Waals surface area contributed by atoms with Crippen molar-refractivity contribution in [2.24, 2.45) is 0 Å². The van der Waals surface area contributed by atoms with Crippen LogP contribution in [0.1, 0.15) is 16.7 Å². The number of rotatable bonds is 5. The predicted octanol–water partition coefficient (Wildman–Crippen LogP) is 4.25. The molecule has 32 heavy (non-hydrogen) atoms. The first-order valence-electron chi connectivity index (χ1n) is 10.1. The maximum Gasteiger partial charge on any atom is 0.336 e. The number of benzene rings is 2. The Morgan fingerprint density at radius 3 is 2.72 bits per heavy atom. The van der Waals surface area contributed by atoms with Crippen molar-refractivity contribution in [3.8, 4) is 0 Å². The van der Waals surface area contributed by atoms with E-state index < -0.39 is 0 Å². The third kappa shape index (κ3) is 3.15. The van der Waals surface area contributed by atoms with E-state index in [1.807, 2.05) is 48.6 Å². The topological polar surface area (TPSA) is 82.4 Å². The molecule has 0 atom stereocenters. The van der Waals surface area contributed by atoms with Gasteiger partial charge in [0.15, 0.2) is 5.16 Å². The molecule has 160 valence electrons. The summed E-state index contributed by atoms with van der Waals surface area (Å²) in [7, 11) is 0. The van der Waals surface area contributed by atoms with Gasteiger partial charge in [-0.2, -0.15) is 0 Å². The molecule has 3 aromatic heterocycles.